The van der Waals surface area contributed by atoms with Crippen molar-refractivity contribution < 1.29 is 22.8 Å². The molecule has 0 radical (unpaired) electrons. The highest BCUT2D eigenvalue weighted by Crippen LogP contribution is 2.52. The molecule has 222 valence electrons. The maximum atomic E-state index is 11.5. The van der Waals surface area contributed by atoms with Crippen LogP contribution in [0.3, 0.4) is 0 Å². The Morgan fingerprint density at radius 2 is 2.00 bits per heavy atom. The maximum absolute atomic E-state index is 11.5. The van der Waals surface area contributed by atoms with Gasteiger partial charge in [-0.2, -0.15) is 4.72 Å². The van der Waals surface area contributed by atoms with Crippen LogP contribution in [0.15, 0.2) is 40.9 Å². The van der Waals surface area contributed by atoms with E-state index >= 15 is 0 Å². The number of aromatic nitrogens is 2. The molecule has 3 heterocycles. The second kappa shape index (κ2) is 10.7. The SMILES string of the molecule is CS(=O)(=O)NC(O)c1ccc2nc(N3CCC4(CC(OCc5c(-c6c(Cl)cccc6Cl)noc5C5CC5)C4)C3)sc2c1. The number of thiazole rings is 1. The number of hydrogen-bond donors (Lipinski definition) is 2. The predicted molar refractivity (Wildman–Crippen MR) is 164 cm³/mol. The summed E-state index contributed by atoms with van der Waals surface area (Å²) in [6.45, 7) is 2.25. The zero-order chi connectivity index (χ0) is 29.2. The average Bonchev–Trinajstić information content (AvgIpc) is 3.32. The number of fused-ring (bicyclic) bond motifs is 1. The first kappa shape index (κ1) is 28.5. The van der Waals surface area contributed by atoms with Gasteiger partial charge in [-0.15, -0.1) is 0 Å². The zero-order valence-corrected chi connectivity index (χ0v) is 26.0. The molecule has 1 unspecified atom stereocenters. The molecule has 2 aromatic heterocycles. The number of aliphatic hydroxyl groups excluding tert-OH is 1. The molecule has 3 aliphatic rings. The predicted octanol–water partition coefficient (Wildman–Crippen LogP) is 6.25. The number of rotatable bonds is 9. The third-order valence-electron chi connectivity index (χ3n) is 8.50. The van der Waals surface area contributed by atoms with Gasteiger partial charge in [0.2, 0.25) is 10.0 Å². The van der Waals surface area contributed by atoms with E-state index in [1.165, 1.54) is 0 Å². The van der Waals surface area contributed by atoms with Crippen LogP contribution in [0.2, 0.25) is 10.0 Å². The Labute approximate surface area is 257 Å². The molecule has 0 bridgehead atoms. The van der Waals surface area contributed by atoms with E-state index in [-0.39, 0.29) is 11.5 Å². The van der Waals surface area contributed by atoms with Gasteiger partial charge >= 0.3 is 0 Å². The standard InChI is InChI=1S/C29H30Cl2N4O5S2/c1-42(37,38)34-27(36)17-7-8-22-23(11-17)41-28(32-22)35-10-9-29(15-35)12-18(13-29)39-14-19-25(33-40-26(19)16-5-6-16)24-20(30)3-2-4-21(24)31/h2-4,7-8,11,16,18,27,34,36H,5-6,9-10,12-15H2,1H3. The minimum absolute atomic E-state index is 0.156. The second-order valence-corrected chi connectivity index (χ2v) is 15.4. The Morgan fingerprint density at radius 1 is 1.24 bits per heavy atom. The molecule has 1 aliphatic heterocycles. The molecule has 2 saturated carbocycles. The number of nitrogens with one attached hydrogen (secondary N) is 1. The average molecular weight is 650 g/mol. The number of halogens is 2. The Balaban J connectivity index is 1.00. The lowest BCUT2D eigenvalue weighted by Crippen LogP contribution is -2.44. The first-order chi connectivity index (χ1) is 20.1. The van der Waals surface area contributed by atoms with Crippen LogP contribution in [0.4, 0.5) is 5.13 Å². The van der Waals surface area contributed by atoms with Gasteiger partial charge in [-0.25, -0.2) is 13.4 Å². The molecule has 1 spiro atoms. The molecule has 42 heavy (non-hydrogen) atoms. The van der Waals surface area contributed by atoms with Crippen molar-refractivity contribution in [3.05, 3.63) is 63.3 Å². The van der Waals surface area contributed by atoms with Gasteiger partial charge in [-0.1, -0.05) is 51.8 Å². The lowest BCUT2D eigenvalue weighted by molar-refractivity contribution is -0.0796. The van der Waals surface area contributed by atoms with E-state index < -0.39 is 16.3 Å². The zero-order valence-electron chi connectivity index (χ0n) is 22.8. The van der Waals surface area contributed by atoms with Crippen molar-refractivity contribution in [3.8, 4) is 11.3 Å². The van der Waals surface area contributed by atoms with Gasteiger partial charge in [0.25, 0.3) is 0 Å². The van der Waals surface area contributed by atoms with Crippen LogP contribution in [0.25, 0.3) is 21.5 Å². The van der Waals surface area contributed by atoms with E-state index in [0.29, 0.717) is 39.4 Å². The molecule has 2 N–H and O–H groups in total. The van der Waals surface area contributed by atoms with Crippen LogP contribution >= 0.6 is 34.5 Å². The highest BCUT2D eigenvalue weighted by molar-refractivity contribution is 7.88. The van der Waals surface area contributed by atoms with Crippen LogP contribution in [0, 0.1) is 5.41 Å². The molecule has 2 aromatic carbocycles. The molecule has 2 aliphatic carbocycles. The van der Waals surface area contributed by atoms with Gasteiger partial charge < -0.3 is 19.3 Å². The molecular weight excluding hydrogens is 619 g/mol. The summed E-state index contributed by atoms with van der Waals surface area (Å²) in [5, 5.41) is 16.7. The highest BCUT2D eigenvalue weighted by atomic mass is 35.5. The summed E-state index contributed by atoms with van der Waals surface area (Å²) in [7, 11) is -3.53. The normalized spacial score (nSPS) is 23.1. The van der Waals surface area contributed by atoms with Crippen molar-refractivity contribution in [3.63, 3.8) is 0 Å². The minimum Gasteiger partial charge on any atom is -0.373 e. The van der Waals surface area contributed by atoms with Gasteiger partial charge in [0.1, 0.15) is 17.7 Å². The van der Waals surface area contributed by atoms with Gasteiger partial charge in [0.15, 0.2) is 5.13 Å². The monoisotopic (exact) mass is 648 g/mol. The van der Waals surface area contributed by atoms with Crippen LogP contribution in [0.1, 0.15) is 61.1 Å². The Kier molecular flexibility index (Phi) is 7.28. The number of benzene rings is 2. The smallest absolute Gasteiger partial charge is 0.211 e. The summed E-state index contributed by atoms with van der Waals surface area (Å²) in [6.07, 6.45) is 5.09. The van der Waals surface area contributed by atoms with Crippen molar-refractivity contribution in [2.75, 3.05) is 24.2 Å². The van der Waals surface area contributed by atoms with Crippen molar-refractivity contribution >= 4 is 59.9 Å². The van der Waals surface area contributed by atoms with Crippen LogP contribution in [-0.4, -0.2) is 49.1 Å². The summed E-state index contributed by atoms with van der Waals surface area (Å²) in [5.41, 5.74) is 3.83. The highest BCUT2D eigenvalue weighted by Gasteiger charge is 2.49. The molecule has 9 nitrogen and oxygen atoms in total. The summed E-state index contributed by atoms with van der Waals surface area (Å²) in [6, 6.07) is 10.8. The summed E-state index contributed by atoms with van der Waals surface area (Å²) in [4.78, 5) is 7.15. The van der Waals surface area contributed by atoms with Crippen molar-refractivity contribution in [2.24, 2.45) is 5.41 Å². The molecule has 7 rings (SSSR count). The lowest BCUT2D eigenvalue weighted by atomic mass is 9.66. The Bertz CT molecular complexity index is 1740. The van der Waals surface area contributed by atoms with E-state index in [1.54, 1.807) is 23.5 Å². The molecule has 1 atom stereocenters. The number of sulfonamides is 1. The molecule has 0 amide bonds. The second-order valence-electron chi connectivity index (χ2n) is 11.8. The van der Waals surface area contributed by atoms with Crippen LogP contribution in [0.5, 0.6) is 0 Å². The van der Waals surface area contributed by atoms with E-state index in [9.17, 15) is 13.5 Å². The lowest BCUT2D eigenvalue weighted by Gasteiger charge is -2.44. The number of nitrogens with zero attached hydrogens (tertiary/aromatic N) is 3. The van der Waals surface area contributed by atoms with Gasteiger partial charge in [-0.3, -0.25) is 0 Å². The largest absolute Gasteiger partial charge is 0.373 e. The van der Waals surface area contributed by atoms with Crippen LogP contribution in [-0.2, 0) is 21.4 Å². The Hall–Kier alpha value is -2.25. The number of aliphatic hydroxyl groups is 1. The third kappa shape index (κ3) is 5.56. The number of hydrogen-bond acceptors (Lipinski definition) is 9. The molecule has 3 fully saturated rings. The fourth-order valence-electron chi connectivity index (χ4n) is 6.21. The minimum atomic E-state index is -3.53. The van der Waals surface area contributed by atoms with Gasteiger partial charge in [0, 0.05) is 30.1 Å². The van der Waals surface area contributed by atoms with E-state index in [0.717, 1.165) is 78.1 Å². The molecule has 4 aromatic rings. The van der Waals surface area contributed by atoms with E-state index in [4.69, 9.17) is 37.4 Å². The first-order valence-corrected chi connectivity index (χ1v) is 17.4. The fourth-order valence-corrected chi connectivity index (χ4v) is 8.37. The van der Waals surface area contributed by atoms with E-state index in [1.807, 2.05) is 24.3 Å². The molecular formula is C29H30Cl2N4O5S2. The molecule has 13 heteroatoms. The maximum Gasteiger partial charge on any atom is 0.211 e. The summed E-state index contributed by atoms with van der Waals surface area (Å²) in [5.74, 6) is 1.27. The first-order valence-electron chi connectivity index (χ1n) is 13.9. The van der Waals surface area contributed by atoms with Crippen molar-refractivity contribution in [1.29, 1.82) is 0 Å². The van der Waals surface area contributed by atoms with E-state index in [2.05, 4.69) is 14.8 Å². The van der Waals surface area contributed by atoms with Crippen LogP contribution < -0.4 is 9.62 Å². The fraction of sp³-hybridized carbons (Fsp3) is 0.448. The topological polar surface area (TPSA) is 118 Å². The van der Waals surface area contributed by atoms with Gasteiger partial charge in [-0.05, 0) is 67.3 Å². The van der Waals surface area contributed by atoms with Crippen molar-refractivity contribution in [2.45, 2.75) is 57.0 Å². The number of anilines is 1. The number of ether oxygens (including phenoxy) is 1. The quantitative estimate of drug-likeness (QED) is 0.205. The van der Waals surface area contributed by atoms with Crippen molar-refractivity contribution in [1.82, 2.24) is 14.9 Å². The summed E-state index contributed by atoms with van der Waals surface area (Å²) < 4.78 is 38.3. The van der Waals surface area contributed by atoms with Gasteiger partial charge in [0.05, 0.1) is 39.2 Å². The molecule has 1 saturated heterocycles. The third-order valence-corrected chi connectivity index (χ3v) is 10.9. The summed E-state index contributed by atoms with van der Waals surface area (Å²) >= 11 is 14.6. The Morgan fingerprint density at radius 3 is 2.71 bits per heavy atom.